The van der Waals surface area contributed by atoms with Crippen LogP contribution in [0.3, 0.4) is 0 Å². The third-order valence-corrected chi connectivity index (χ3v) is 3.05. The van der Waals surface area contributed by atoms with Gasteiger partial charge in [-0.05, 0) is 12.8 Å². The molecule has 0 amide bonds. The SMILES string of the molecule is CC(=O)OCCCCC(CC(=O)c1ccccc1)[N+](=O)[O-]. The fraction of sp³-hybridized carbons (Fsp3) is 0.467. The molecule has 0 aliphatic rings. The van der Waals surface area contributed by atoms with E-state index in [2.05, 4.69) is 0 Å². The van der Waals surface area contributed by atoms with E-state index in [1.807, 2.05) is 0 Å². The lowest BCUT2D eigenvalue weighted by molar-refractivity contribution is -0.522. The molecule has 6 nitrogen and oxygen atoms in total. The van der Waals surface area contributed by atoms with E-state index < -0.39 is 11.0 Å². The van der Waals surface area contributed by atoms with Gasteiger partial charge in [-0.1, -0.05) is 30.3 Å². The van der Waals surface area contributed by atoms with E-state index >= 15 is 0 Å². The van der Waals surface area contributed by atoms with Crippen molar-refractivity contribution in [3.8, 4) is 0 Å². The van der Waals surface area contributed by atoms with Crippen LogP contribution < -0.4 is 0 Å². The fourth-order valence-corrected chi connectivity index (χ4v) is 1.94. The molecule has 0 bridgehead atoms. The minimum atomic E-state index is -0.893. The standard InChI is InChI=1S/C15H19NO5/c1-12(17)21-10-6-5-9-14(16(19)20)11-15(18)13-7-3-2-4-8-13/h2-4,7-8,14H,5-6,9-11H2,1H3. The van der Waals surface area contributed by atoms with E-state index in [-0.39, 0.29) is 24.8 Å². The van der Waals surface area contributed by atoms with Gasteiger partial charge in [0.15, 0.2) is 5.78 Å². The summed E-state index contributed by atoms with van der Waals surface area (Å²) in [7, 11) is 0. The molecule has 114 valence electrons. The Kier molecular flexibility index (Phi) is 7.08. The maximum absolute atomic E-state index is 12.0. The number of benzene rings is 1. The molecule has 1 aromatic carbocycles. The topological polar surface area (TPSA) is 86.5 Å². The van der Waals surface area contributed by atoms with Gasteiger partial charge in [-0.2, -0.15) is 0 Å². The van der Waals surface area contributed by atoms with E-state index in [4.69, 9.17) is 4.74 Å². The third kappa shape index (κ3) is 6.65. The second kappa shape index (κ2) is 8.84. The minimum Gasteiger partial charge on any atom is -0.466 e. The summed E-state index contributed by atoms with van der Waals surface area (Å²) in [5.41, 5.74) is 0.490. The van der Waals surface area contributed by atoms with Crippen molar-refractivity contribution in [3.05, 3.63) is 46.0 Å². The number of hydrogen-bond donors (Lipinski definition) is 0. The van der Waals surface area contributed by atoms with Crippen molar-refractivity contribution in [2.75, 3.05) is 6.61 Å². The summed E-state index contributed by atoms with van der Waals surface area (Å²) in [5, 5.41) is 11.0. The first-order valence-electron chi connectivity index (χ1n) is 6.86. The highest BCUT2D eigenvalue weighted by Crippen LogP contribution is 2.13. The first-order chi connectivity index (χ1) is 10.0. The van der Waals surface area contributed by atoms with Crippen molar-refractivity contribution < 1.29 is 19.2 Å². The quantitative estimate of drug-likeness (QED) is 0.230. The van der Waals surface area contributed by atoms with E-state index in [0.717, 1.165) is 0 Å². The maximum Gasteiger partial charge on any atom is 0.302 e. The normalized spacial score (nSPS) is 11.7. The van der Waals surface area contributed by atoms with Crippen molar-refractivity contribution in [2.45, 2.75) is 38.6 Å². The van der Waals surface area contributed by atoms with Crippen LogP contribution in [0.4, 0.5) is 0 Å². The molecule has 0 saturated carbocycles. The number of ether oxygens (including phenoxy) is 1. The number of esters is 1. The summed E-state index contributed by atoms with van der Waals surface area (Å²) >= 11 is 0. The predicted molar refractivity (Wildman–Crippen MR) is 76.7 cm³/mol. The molecule has 0 aliphatic carbocycles. The van der Waals surface area contributed by atoms with Crippen molar-refractivity contribution in [2.24, 2.45) is 0 Å². The van der Waals surface area contributed by atoms with Crippen LogP contribution >= 0.6 is 0 Å². The smallest absolute Gasteiger partial charge is 0.302 e. The largest absolute Gasteiger partial charge is 0.466 e. The molecule has 0 saturated heterocycles. The van der Waals surface area contributed by atoms with Crippen LogP contribution in [0.2, 0.25) is 0 Å². The Hall–Kier alpha value is -2.24. The Morgan fingerprint density at radius 1 is 1.24 bits per heavy atom. The molecule has 1 atom stereocenters. The molecule has 0 aliphatic heterocycles. The zero-order valence-electron chi connectivity index (χ0n) is 12.0. The van der Waals surface area contributed by atoms with Gasteiger partial charge in [-0.3, -0.25) is 19.7 Å². The molecule has 0 N–H and O–H groups in total. The van der Waals surface area contributed by atoms with Crippen LogP contribution in [-0.2, 0) is 9.53 Å². The Balaban J connectivity index is 2.41. The second-order valence-electron chi connectivity index (χ2n) is 4.77. The Morgan fingerprint density at radius 3 is 2.48 bits per heavy atom. The van der Waals surface area contributed by atoms with Gasteiger partial charge >= 0.3 is 5.97 Å². The number of ketones is 1. The van der Waals surface area contributed by atoms with Crippen LogP contribution in [0.1, 0.15) is 43.0 Å². The summed E-state index contributed by atoms with van der Waals surface area (Å²) < 4.78 is 4.76. The first-order valence-corrected chi connectivity index (χ1v) is 6.86. The first kappa shape index (κ1) is 16.8. The number of Topliss-reactive ketones (excluding diaryl/α,β-unsaturated/α-hetero) is 1. The van der Waals surface area contributed by atoms with E-state index in [1.54, 1.807) is 30.3 Å². The number of nitrogens with zero attached hydrogens (tertiary/aromatic N) is 1. The lowest BCUT2D eigenvalue weighted by Gasteiger charge is -2.09. The Bertz CT molecular complexity index is 486. The maximum atomic E-state index is 12.0. The van der Waals surface area contributed by atoms with Crippen molar-refractivity contribution in [1.29, 1.82) is 0 Å². The molecule has 0 aromatic heterocycles. The van der Waals surface area contributed by atoms with Crippen LogP contribution in [0.25, 0.3) is 0 Å². The molecule has 1 rings (SSSR count). The van der Waals surface area contributed by atoms with Gasteiger partial charge in [0.25, 0.3) is 0 Å². The fourth-order valence-electron chi connectivity index (χ4n) is 1.94. The van der Waals surface area contributed by atoms with E-state index in [9.17, 15) is 19.7 Å². The average Bonchev–Trinajstić information content (AvgIpc) is 2.45. The van der Waals surface area contributed by atoms with Crippen molar-refractivity contribution in [1.82, 2.24) is 0 Å². The number of unbranched alkanes of at least 4 members (excludes halogenated alkanes) is 1. The summed E-state index contributed by atoms with van der Waals surface area (Å²) in [4.78, 5) is 33.1. The highest BCUT2D eigenvalue weighted by atomic mass is 16.6. The number of carbonyl (C=O) groups is 2. The van der Waals surface area contributed by atoms with Gasteiger partial charge in [0.05, 0.1) is 13.0 Å². The highest BCUT2D eigenvalue weighted by molar-refractivity contribution is 5.96. The Morgan fingerprint density at radius 2 is 1.90 bits per heavy atom. The lowest BCUT2D eigenvalue weighted by atomic mass is 10.0. The molecule has 1 unspecified atom stereocenters. The molecule has 0 radical (unpaired) electrons. The van der Waals surface area contributed by atoms with Gasteiger partial charge in [-0.15, -0.1) is 0 Å². The molecular formula is C15H19NO5. The van der Waals surface area contributed by atoms with Gasteiger partial charge in [0.2, 0.25) is 6.04 Å². The molecule has 0 spiro atoms. The summed E-state index contributed by atoms with van der Waals surface area (Å²) in [6.07, 6.45) is 1.29. The van der Waals surface area contributed by atoms with Crippen LogP contribution in [-0.4, -0.2) is 29.3 Å². The van der Waals surface area contributed by atoms with Crippen LogP contribution in [0.5, 0.6) is 0 Å². The van der Waals surface area contributed by atoms with Crippen LogP contribution in [0.15, 0.2) is 30.3 Å². The lowest BCUT2D eigenvalue weighted by Crippen LogP contribution is -2.23. The monoisotopic (exact) mass is 293 g/mol. The number of hydrogen-bond acceptors (Lipinski definition) is 5. The summed E-state index contributed by atoms with van der Waals surface area (Å²) in [5.74, 6) is -0.586. The van der Waals surface area contributed by atoms with Crippen molar-refractivity contribution >= 4 is 11.8 Å². The summed E-state index contributed by atoms with van der Waals surface area (Å²) in [6.45, 7) is 1.57. The van der Waals surface area contributed by atoms with Crippen LogP contribution in [0, 0.1) is 10.1 Å². The molecule has 1 aromatic rings. The number of carbonyl (C=O) groups excluding carboxylic acids is 2. The zero-order chi connectivity index (χ0) is 15.7. The van der Waals surface area contributed by atoms with Gasteiger partial charge in [0.1, 0.15) is 0 Å². The molecular weight excluding hydrogens is 274 g/mol. The second-order valence-corrected chi connectivity index (χ2v) is 4.77. The van der Waals surface area contributed by atoms with E-state index in [1.165, 1.54) is 6.92 Å². The van der Waals surface area contributed by atoms with Crippen molar-refractivity contribution in [3.63, 3.8) is 0 Å². The van der Waals surface area contributed by atoms with Gasteiger partial charge in [0, 0.05) is 23.8 Å². The predicted octanol–water partition coefficient (Wildman–Crippen LogP) is 2.64. The van der Waals surface area contributed by atoms with E-state index in [0.29, 0.717) is 24.8 Å². The molecule has 21 heavy (non-hydrogen) atoms. The molecule has 0 heterocycles. The molecule has 6 heteroatoms. The number of nitro groups is 1. The minimum absolute atomic E-state index is 0.107. The summed E-state index contributed by atoms with van der Waals surface area (Å²) in [6, 6.07) is 7.66. The third-order valence-electron chi connectivity index (χ3n) is 3.05. The number of rotatable bonds is 9. The molecule has 0 fully saturated rings. The Labute approximate surface area is 123 Å². The zero-order valence-corrected chi connectivity index (χ0v) is 12.0. The van der Waals surface area contributed by atoms with Gasteiger partial charge < -0.3 is 4.74 Å². The highest BCUT2D eigenvalue weighted by Gasteiger charge is 2.24. The van der Waals surface area contributed by atoms with Gasteiger partial charge in [-0.25, -0.2) is 0 Å². The average molecular weight is 293 g/mol.